The van der Waals surface area contributed by atoms with Crippen LogP contribution in [0.4, 0.5) is 0 Å². The van der Waals surface area contributed by atoms with Crippen molar-refractivity contribution in [2.75, 3.05) is 52.0 Å². The van der Waals surface area contributed by atoms with E-state index in [9.17, 15) is 0 Å². The maximum absolute atomic E-state index is 5.67. The number of rotatable bonds is 7. The van der Waals surface area contributed by atoms with E-state index >= 15 is 0 Å². The smallest absolute Gasteiger partial charge is 0.0799 e. The zero-order valence-electron chi connectivity index (χ0n) is 10.2. The third-order valence-electron chi connectivity index (χ3n) is 2.76. The first kappa shape index (κ1) is 14.4. The van der Waals surface area contributed by atoms with Crippen LogP contribution in [0.3, 0.4) is 0 Å². The number of hydrogen-bond acceptors (Lipinski definition) is 4. The minimum Gasteiger partial charge on any atom is -0.382 e. The molecule has 1 fully saturated rings. The minimum absolute atomic E-state index is 0.315. The molecule has 0 aliphatic carbocycles. The lowest BCUT2D eigenvalue weighted by Gasteiger charge is -2.37. The molecule has 4 nitrogen and oxygen atoms in total. The molecule has 1 rings (SSSR count). The summed E-state index contributed by atoms with van der Waals surface area (Å²) in [5, 5.41) is 0.904. The Morgan fingerprint density at radius 2 is 2.19 bits per heavy atom. The van der Waals surface area contributed by atoms with Gasteiger partial charge in [-0.2, -0.15) is 0 Å². The van der Waals surface area contributed by atoms with Crippen molar-refractivity contribution >= 4 is 15.9 Å². The molecule has 0 saturated carbocycles. The largest absolute Gasteiger partial charge is 0.382 e. The average Bonchev–Trinajstić information content (AvgIpc) is 2.31. The number of alkyl halides is 1. The van der Waals surface area contributed by atoms with Crippen molar-refractivity contribution in [3.05, 3.63) is 0 Å². The predicted octanol–water partition coefficient (Wildman–Crippen LogP) is 1.13. The number of nitrogens with zero attached hydrogens (tertiary/aromatic N) is 1. The second-order valence-electron chi connectivity index (χ2n) is 4.06. The molecule has 2 unspecified atom stereocenters. The molecule has 1 aliphatic rings. The van der Waals surface area contributed by atoms with Crippen LogP contribution in [0.1, 0.15) is 6.92 Å². The number of hydrogen-bond donors (Lipinski definition) is 0. The van der Waals surface area contributed by atoms with Gasteiger partial charge < -0.3 is 14.2 Å². The first-order valence-electron chi connectivity index (χ1n) is 5.76. The summed E-state index contributed by atoms with van der Waals surface area (Å²) in [6.07, 6.45) is 0.315. The Bertz CT molecular complexity index is 183. The molecule has 0 aromatic heterocycles. The Hall–Kier alpha value is 0.320. The summed E-state index contributed by atoms with van der Waals surface area (Å²) in [5.41, 5.74) is 0. The van der Waals surface area contributed by atoms with Crippen LogP contribution >= 0.6 is 15.9 Å². The van der Waals surface area contributed by atoms with Crippen molar-refractivity contribution < 1.29 is 14.2 Å². The van der Waals surface area contributed by atoms with Gasteiger partial charge in [-0.3, -0.25) is 4.90 Å². The maximum Gasteiger partial charge on any atom is 0.0799 e. The molecule has 96 valence electrons. The van der Waals surface area contributed by atoms with E-state index in [0.29, 0.717) is 25.4 Å². The summed E-state index contributed by atoms with van der Waals surface area (Å²) < 4.78 is 16.1. The summed E-state index contributed by atoms with van der Waals surface area (Å²) in [5.74, 6) is 0. The second-order valence-corrected chi connectivity index (χ2v) is 4.71. The standard InChI is InChI=1S/C11H22BrNO3/c1-10-9-16-11(7-12)8-13(10)3-4-15-6-5-14-2/h10-11H,3-9H2,1-2H3. The van der Waals surface area contributed by atoms with Gasteiger partial charge in [0.2, 0.25) is 0 Å². The van der Waals surface area contributed by atoms with Crippen molar-refractivity contribution in [1.82, 2.24) is 4.90 Å². The van der Waals surface area contributed by atoms with E-state index in [0.717, 1.165) is 31.6 Å². The van der Waals surface area contributed by atoms with Crippen LogP contribution in [0.25, 0.3) is 0 Å². The Kier molecular flexibility index (Phi) is 7.56. The molecule has 0 radical (unpaired) electrons. The van der Waals surface area contributed by atoms with Crippen LogP contribution < -0.4 is 0 Å². The molecule has 2 atom stereocenters. The highest BCUT2D eigenvalue weighted by Gasteiger charge is 2.24. The molecule has 16 heavy (non-hydrogen) atoms. The summed E-state index contributed by atoms with van der Waals surface area (Å²) in [4.78, 5) is 2.42. The molecule has 1 heterocycles. The first-order valence-corrected chi connectivity index (χ1v) is 6.88. The lowest BCUT2D eigenvalue weighted by Crippen LogP contribution is -2.49. The van der Waals surface area contributed by atoms with Crippen molar-refractivity contribution in [3.8, 4) is 0 Å². The third kappa shape index (κ3) is 5.10. The lowest BCUT2D eigenvalue weighted by atomic mass is 10.2. The Balaban J connectivity index is 2.13. The van der Waals surface area contributed by atoms with Gasteiger partial charge in [0, 0.05) is 31.6 Å². The highest BCUT2D eigenvalue weighted by atomic mass is 79.9. The SMILES string of the molecule is COCCOCCN1CC(CBr)OCC1C. The van der Waals surface area contributed by atoms with Crippen LogP contribution in [-0.4, -0.2) is 69.0 Å². The van der Waals surface area contributed by atoms with Crippen molar-refractivity contribution in [2.24, 2.45) is 0 Å². The van der Waals surface area contributed by atoms with Crippen LogP contribution in [0, 0.1) is 0 Å². The maximum atomic E-state index is 5.67. The van der Waals surface area contributed by atoms with Crippen LogP contribution in [-0.2, 0) is 14.2 Å². The van der Waals surface area contributed by atoms with E-state index in [1.54, 1.807) is 7.11 Å². The normalized spacial score (nSPS) is 27.2. The zero-order chi connectivity index (χ0) is 11.8. The third-order valence-corrected chi connectivity index (χ3v) is 3.48. The summed E-state index contributed by atoms with van der Waals surface area (Å²) >= 11 is 3.46. The van der Waals surface area contributed by atoms with E-state index in [-0.39, 0.29) is 0 Å². The first-order chi connectivity index (χ1) is 7.77. The zero-order valence-corrected chi connectivity index (χ0v) is 11.7. The molecule has 0 bridgehead atoms. The molecule has 0 aromatic rings. The van der Waals surface area contributed by atoms with Crippen LogP contribution in [0.2, 0.25) is 0 Å². The monoisotopic (exact) mass is 295 g/mol. The van der Waals surface area contributed by atoms with Gasteiger partial charge in [-0.15, -0.1) is 0 Å². The summed E-state index contributed by atoms with van der Waals surface area (Å²) in [7, 11) is 1.69. The Labute approximate surface area is 106 Å². The molecule has 5 heteroatoms. The van der Waals surface area contributed by atoms with Gasteiger partial charge in [-0.1, -0.05) is 15.9 Å². The number of methoxy groups -OCH3 is 1. The Morgan fingerprint density at radius 3 is 2.88 bits per heavy atom. The molecule has 1 aliphatic heterocycles. The fourth-order valence-corrected chi connectivity index (χ4v) is 2.10. The molecule has 0 N–H and O–H groups in total. The van der Waals surface area contributed by atoms with Gasteiger partial charge in [0.25, 0.3) is 0 Å². The van der Waals surface area contributed by atoms with E-state index < -0.39 is 0 Å². The fraction of sp³-hybridized carbons (Fsp3) is 1.00. The van der Waals surface area contributed by atoms with Gasteiger partial charge in [0.15, 0.2) is 0 Å². The highest BCUT2D eigenvalue weighted by Crippen LogP contribution is 2.12. The molecular formula is C11H22BrNO3. The van der Waals surface area contributed by atoms with Gasteiger partial charge in [0.05, 0.1) is 32.5 Å². The summed E-state index contributed by atoms with van der Waals surface area (Å²) in [6, 6.07) is 0.487. The van der Waals surface area contributed by atoms with Gasteiger partial charge >= 0.3 is 0 Å². The number of morpholine rings is 1. The van der Waals surface area contributed by atoms with Gasteiger partial charge in [0.1, 0.15) is 0 Å². The van der Waals surface area contributed by atoms with E-state index in [1.165, 1.54) is 0 Å². The van der Waals surface area contributed by atoms with Crippen molar-refractivity contribution in [2.45, 2.75) is 19.1 Å². The predicted molar refractivity (Wildman–Crippen MR) is 67.3 cm³/mol. The van der Waals surface area contributed by atoms with Gasteiger partial charge in [-0.25, -0.2) is 0 Å². The Morgan fingerprint density at radius 1 is 1.38 bits per heavy atom. The van der Waals surface area contributed by atoms with E-state index in [4.69, 9.17) is 14.2 Å². The molecule has 0 amide bonds. The number of halogens is 1. The quantitative estimate of drug-likeness (QED) is 0.521. The minimum atomic E-state index is 0.315. The highest BCUT2D eigenvalue weighted by molar-refractivity contribution is 9.09. The lowest BCUT2D eigenvalue weighted by molar-refractivity contribution is -0.0558. The number of ether oxygens (including phenoxy) is 3. The molecule has 0 aromatic carbocycles. The topological polar surface area (TPSA) is 30.9 Å². The summed E-state index contributed by atoms with van der Waals surface area (Å²) in [6.45, 7) is 7.08. The second kappa shape index (κ2) is 8.42. The van der Waals surface area contributed by atoms with E-state index in [1.807, 2.05) is 0 Å². The average molecular weight is 296 g/mol. The molecular weight excluding hydrogens is 274 g/mol. The van der Waals surface area contributed by atoms with E-state index in [2.05, 4.69) is 27.8 Å². The van der Waals surface area contributed by atoms with Crippen LogP contribution in [0.15, 0.2) is 0 Å². The van der Waals surface area contributed by atoms with Crippen LogP contribution in [0.5, 0.6) is 0 Å². The van der Waals surface area contributed by atoms with Gasteiger partial charge in [-0.05, 0) is 6.92 Å². The molecule has 0 spiro atoms. The fourth-order valence-electron chi connectivity index (χ4n) is 1.71. The van der Waals surface area contributed by atoms with Crippen molar-refractivity contribution in [3.63, 3.8) is 0 Å². The molecule has 1 saturated heterocycles. The van der Waals surface area contributed by atoms with Crippen molar-refractivity contribution in [1.29, 1.82) is 0 Å².